The van der Waals surface area contributed by atoms with Crippen molar-refractivity contribution in [1.82, 2.24) is 36.4 Å². The van der Waals surface area contributed by atoms with Gasteiger partial charge in [-0.15, -0.1) is 0 Å². The minimum atomic E-state index is -2.51. The maximum atomic E-state index is 14.6. The molecule has 456 valence electrons. The number of nitrogens with one attached hydrogen (secondary N) is 6. The number of unbranched alkanes of at least 4 members (excludes halogenated alkanes) is 5. The highest BCUT2D eigenvalue weighted by Crippen LogP contribution is 2.31. The number of rotatable bonds is 23. The Balaban J connectivity index is 1.73. The van der Waals surface area contributed by atoms with Crippen LogP contribution in [-0.2, 0) is 43.2 Å². The number of benzene rings is 1. The van der Waals surface area contributed by atoms with Crippen LogP contribution < -0.4 is 43.4 Å². The molecule has 81 heavy (non-hydrogen) atoms. The smallest absolute Gasteiger partial charge is 0.248 e. The second-order valence-electron chi connectivity index (χ2n) is 21.9. The molecule has 4 rings (SSSR count). The van der Waals surface area contributed by atoms with Crippen LogP contribution in [0.2, 0.25) is 0 Å². The lowest BCUT2D eigenvalue weighted by molar-refractivity contribution is -0.149. The number of carbonyl (C=O) groups is 9. The van der Waals surface area contributed by atoms with Crippen molar-refractivity contribution in [2.45, 2.75) is 209 Å². The summed E-state index contributed by atoms with van der Waals surface area (Å²) >= 11 is 0. The monoisotopic (exact) mass is 1150 g/mol. The summed E-state index contributed by atoms with van der Waals surface area (Å²) in [7, 11) is 0. The molecule has 0 saturated carbocycles. The fourth-order valence-corrected chi connectivity index (χ4v) is 10.3. The molecular formula is C53H86N10O18. The van der Waals surface area contributed by atoms with E-state index in [9.17, 15) is 89.1 Å². The SMILES string of the molecule is CCC(C)CC(C)CCCCCCCCC(=O)N[C@@H]1C[C@@H](O)[C@@H](O)NC(=O)[C@@H]2[C@@H](O)CCN2C(=O)[C@H]([C@@H](O)CC(N)=O)NC(=O)[C@H]([C@@H](O)[C@H](O)c2ccc(O)c(NC(=O)CCN)c2)NC(=O)[C@@H]2C[C@@H](O)CN2C(=O)[C@H]([C@@H](C)O)NC1=O. The lowest BCUT2D eigenvalue weighted by Gasteiger charge is -2.34. The summed E-state index contributed by atoms with van der Waals surface area (Å²) in [5.41, 5.74) is 10.2. The number of aromatic hydroxyl groups is 1. The summed E-state index contributed by atoms with van der Waals surface area (Å²) in [6.45, 7) is 6.56. The summed E-state index contributed by atoms with van der Waals surface area (Å²) in [6.07, 6.45) is -11.2. The van der Waals surface area contributed by atoms with Gasteiger partial charge in [0.25, 0.3) is 0 Å². The third-order valence-corrected chi connectivity index (χ3v) is 15.1. The first-order valence-corrected chi connectivity index (χ1v) is 27.9. The summed E-state index contributed by atoms with van der Waals surface area (Å²) in [5, 5.41) is 114. The van der Waals surface area contributed by atoms with E-state index in [2.05, 4.69) is 47.4 Å². The average Bonchev–Trinajstić information content (AvgIpc) is 4.00. The molecule has 16 atom stereocenters. The van der Waals surface area contributed by atoms with E-state index in [1.807, 2.05) is 5.32 Å². The molecule has 28 heteroatoms. The molecule has 0 aliphatic carbocycles. The Bertz CT molecular complexity index is 2330. The van der Waals surface area contributed by atoms with Crippen LogP contribution in [0.15, 0.2) is 18.2 Å². The average molecular weight is 1150 g/mol. The second kappa shape index (κ2) is 31.9. The van der Waals surface area contributed by atoms with Crippen LogP contribution in [0.5, 0.6) is 5.75 Å². The van der Waals surface area contributed by atoms with Gasteiger partial charge in [-0.25, -0.2) is 0 Å². The van der Waals surface area contributed by atoms with E-state index in [0.29, 0.717) is 29.6 Å². The van der Waals surface area contributed by atoms with Gasteiger partial charge in [-0.3, -0.25) is 43.2 Å². The Morgan fingerprint density at radius 1 is 0.728 bits per heavy atom. The van der Waals surface area contributed by atoms with Crippen LogP contribution in [0.3, 0.4) is 0 Å². The Hall–Kier alpha value is -6.11. The van der Waals surface area contributed by atoms with Gasteiger partial charge < -0.3 is 99.1 Å². The number of aliphatic hydroxyl groups is 8. The first-order chi connectivity index (χ1) is 38.2. The fraction of sp³-hybridized carbons (Fsp3) is 0.717. The molecule has 0 aromatic heterocycles. The molecule has 0 radical (unpaired) electrons. The van der Waals surface area contributed by atoms with Crippen molar-refractivity contribution in [3.05, 3.63) is 23.8 Å². The highest BCUT2D eigenvalue weighted by molar-refractivity contribution is 5.98. The standard InChI is InChI=1S/C53H86N10O18/c1-5-26(2)20-27(3)12-10-8-6-7-9-11-13-39(71)57-32-23-37(69)49(77)61-51(79)44-35(67)17-19-62(44)53(81)42(36(68)24-38(55)70)59-50(78)43(46(74)45(73)29-14-15-34(66)31(21-29)56-40(72)16-18-54)60-48(76)33-22-30(65)25-63(33)52(80)41(28(4)64)58-47(32)75/h14-15,21,26-28,30,32-33,35-37,41-46,49,64-69,73-74,77H,5-13,16-20,22-25,54H2,1-4H3,(H2,55,70)(H,56,72)(H,57,71)(H,58,75)(H,59,78)(H,60,76)(H,61,79)/t26?,27?,28-,30-,32-,33+,35+,36+,37-,41+,42+,43+,44+,45-,46-,49-/m1/s1. The first kappa shape index (κ1) is 67.4. The van der Waals surface area contributed by atoms with Crippen molar-refractivity contribution in [3.8, 4) is 5.75 Å². The van der Waals surface area contributed by atoms with Crippen molar-refractivity contribution < 1.29 is 89.1 Å². The van der Waals surface area contributed by atoms with Gasteiger partial charge in [0.1, 0.15) is 60.3 Å². The second-order valence-corrected chi connectivity index (χ2v) is 21.9. The molecule has 0 spiro atoms. The van der Waals surface area contributed by atoms with Crippen molar-refractivity contribution in [2.24, 2.45) is 23.3 Å². The van der Waals surface area contributed by atoms with Crippen LogP contribution in [0.1, 0.15) is 136 Å². The van der Waals surface area contributed by atoms with E-state index in [1.54, 1.807) is 0 Å². The molecule has 28 nitrogen and oxygen atoms in total. The number of carbonyl (C=O) groups excluding carboxylic acids is 9. The molecule has 3 aliphatic rings. The van der Waals surface area contributed by atoms with E-state index in [-0.39, 0.29) is 37.1 Å². The van der Waals surface area contributed by atoms with Crippen molar-refractivity contribution in [2.75, 3.05) is 25.0 Å². The van der Waals surface area contributed by atoms with E-state index >= 15 is 0 Å². The zero-order chi connectivity index (χ0) is 60.4. The van der Waals surface area contributed by atoms with E-state index in [1.165, 1.54) is 6.42 Å². The van der Waals surface area contributed by atoms with E-state index in [4.69, 9.17) is 11.5 Å². The Morgan fingerprint density at radius 2 is 1.36 bits per heavy atom. The third kappa shape index (κ3) is 19.5. The minimum Gasteiger partial charge on any atom is -0.506 e. The highest BCUT2D eigenvalue weighted by atomic mass is 16.3. The van der Waals surface area contributed by atoms with Gasteiger partial charge in [-0.05, 0) is 55.7 Å². The number of aliphatic hydroxyl groups excluding tert-OH is 8. The van der Waals surface area contributed by atoms with Gasteiger partial charge in [0.05, 0.1) is 36.5 Å². The first-order valence-electron chi connectivity index (χ1n) is 27.9. The third-order valence-electron chi connectivity index (χ3n) is 15.1. The van der Waals surface area contributed by atoms with Gasteiger partial charge in [0, 0.05) is 45.3 Å². The lowest BCUT2D eigenvalue weighted by Crippen LogP contribution is -2.64. The maximum Gasteiger partial charge on any atom is 0.248 e. The molecule has 2 unspecified atom stereocenters. The quantitative estimate of drug-likeness (QED) is 0.0366. The van der Waals surface area contributed by atoms with Crippen LogP contribution in [0.25, 0.3) is 0 Å². The molecule has 3 heterocycles. The van der Waals surface area contributed by atoms with Crippen LogP contribution in [0.4, 0.5) is 5.69 Å². The predicted molar refractivity (Wildman–Crippen MR) is 288 cm³/mol. The largest absolute Gasteiger partial charge is 0.506 e. The topological polar surface area (TPSA) is 466 Å². The van der Waals surface area contributed by atoms with E-state index in [0.717, 1.165) is 68.5 Å². The zero-order valence-electron chi connectivity index (χ0n) is 46.4. The number of fused-ring (bicyclic) bond motifs is 2. The number of nitrogens with two attached hydrogens (primary N) is 2. The van der Waals surface area contributed by atoms with Crippen LogP contribution >= 0.6 is 0 Å². The van der Waals surface area contributed by atoms with Gasteiger partial charge in [-0.1, -0.05) is 71.8 Å². The fourth-order valence-electron chi connectivity index (χ4n) is 10.3. The molecule has 1 aromatic rings. The lowest BCUT2D eigenvalue weighted by atomic mass is 9.91. The van der Waals surface area contributed by atoms with Crippen molar-refractivity contribution >= 4 is 58.9 Å². The van der Waals surface area contributed by atoms with Gasteiger partial charge in [0.2, 0.25) is 53.2 Å². The number of nitrogens with zero attached hydrogens (tertiary/aromatic N) is 2. The number of primary amides is 1. The molecule has 1 aromatic carbocycles. The van der Waals surface area contributed by atoms with Gasteiger partial charge >= 0.3 is 0 Å². The molecule has 3 aliphatic heterocycles. The normalized spacial score (nSPS) is 27.7. The highest BCUT2D eigenvalue weighted by Gasteiger charge is 2.49. The Morgan fingerprint density at radius 3 is 2.00 bits per heavy atom. The van der Waals surface area contributed by atoms with Crippen LogP contribution in [0, 0.1) is 11.8 Å². The summed E-state index contributed by atoms with van der Waals surface area (Å²) in [5.74, 6) is -9.86. The minimum absolute atomic E-state index is 0.0877. The molecule has 19 N–H and O–H groups in total. The number of hydrogen-bond donors (Lipinski definition) is 17. The molecule has 3 saturated heterocycles. The predicted octanol–water partition coefficient (Wildman–Crippen LogP) is -4.05. The maximum absolute atomic E-state index is 14.6. The molecule has 9 amide bonds. The number of phenols is 1. The van der Waals surface area contributed by atoms with Gasteiger partial charge in [0.15, 0.2) is 6.23 Å². The van der Waals surface area contributed by atoms with Crippen LogP contribution in [-0.4, -0.2) is 208 Å². The summed E-state index contributed by atoms with van der Waals surface area (Å²) in [4.78, 5) is 126. The summed E-state index contributed by atoms with van der Waals surface area (Å²) < 4.78 is 0. The van der Waals surface area contributed by atoms with Crippen molar-refractivity contribution in [1.29, 1.82) is 0 Å². The number of hydrogen-bond acceptors (Lipinski definition) is 19. The van der Waals surface area contributed by atoms with Crippen molar-refractivity contribution in [3.63, 3.8) is 0 Å². The number of amides is 9. The molecule has 3 fully saturated rings. The molecular weight excluding hydrogens is 1060 g/mol. The Kier molecular flexibility index (Phi) is 26.6. The molecule has 0 bridgehead atoms. The zero-order valence-corrected chi connectivity index (χ0v) is 46.4. The van der Waals surface area contributed by atoms with Gasteiger partial charge in [-0.2, -0.15) is 0 Å². The number of anilines is 1. The Labute approximate surface area is 470 Å². The summed E-state index contributed by atoms with van der Waals surface area (Å²) in [6, 6.07) is -9.25. The van der Waals surface area contributed by atoms with E-state index < -0.39 is 176 Å². The number of phenolic OH excluding ortho intramolecular Hbond substituents is 1.